The maximum Gasteiger partial charge on any atom is 0.416 e. The summed E-state index contributed by atoms with van der Waals surface area (Å²) < 4.78 is 43.2. The van der Waals surface area contributed by atoms with Crippen molar-refractivity contribution in [1.82, 2.24) is 10.2 Å². The van der Waals surface area contributed by atoms with E-state index in [4.69, 9.17) is 4.74 Å². The number of methoxy groups -OCH3 is 1. The normalized spacial score (nSPS) is 22.2. The van der Waals surface area contributed by atoms with Crippen molar-refractivity contribution in [2.75, 3.05) is 33.4 Å². The largest absolute Gasteiger partial charge is 0.416 e. The first-order chi connectivity index (χ1) is 9.93. The highest BCUT2D eigenvalue weighted by Crippen LogP contribution is 2.31. The number of benzene rings is 1. The van der Waals surface area contributed by atoms with Crippen LogP contribution in [-0.2, 0) is 10.9 Å². The van der Waals surface area contributed by atoms with E-state index in [2.05, 4.69) is 17.1 Å². The van der Waals surface area contributed by atoms with Crippen LogP contribution in [-0.4, -0.2) is 44.3 Å². The number of alkyl halides is 3. The second kappa shape index (κ2) is 6.77. The highest BCUT2D eigenvalue weighted by Gasteiger charge is 2.31. The average Bonchev–Trinajstić information content (AvgIpc) is 2.45. The van der Waals surface area contributed by atoms with Gasteiger partial charge in [-0.25, -0.2) is 0 Å². The molecule has 2 atom stereocenters. The second-order valence-corrected chi connectivity index (χ2v) is 5.38. The van der Waals surface area contributed by atoms with E-state index in [1.165, 1.54) is 0 Å². The van der Waals surface area contributed by atoms with Gasteiger partial charge in [-0.15, -0.1) is 0 Å². The van der Waals surface area contributed by atoms with Crippen LogP contribution in [0, 0.1) is 0 Å². The zero-order valence-electron chi connectivity index (χ0n) is 12.3. The molecule has 1 unspecified atom stereocenters. The van der Waals surface area contributed by atoms with Crippen molar-refractivity contribution in [2.45, 2.75) is 25.2 Å². The van der Waals surface area contributed by atoms with Crippen LogP contribution in [0.1, 0.15) is 24.1 Å². The Morgan fingerprint density at radius 3 is 2.52 bits per heavy atom. The molecule has 1 aromatic carbocycles. The van der Waals surface area contributed by atoms with Gasteiger partial charge in [0.1, 0.15) is 0 Å². The van der Waals surface area contributed by atoms with Crippen LogP contribution in [0.25, 0.3) is 0 Å². The van der Waals surface area contributed by atoms with Gasteiger partial charge >= 0.3 is 6.18 Å². The molecule has 1 aliphatic heterocycles. The molecule has 3 nitrogen and oxygen atoms in total. The molecule has 0 saturated carbocycles. The summed E-state index contributed by atoms with van der Waals surface area (Å²) in [6.07, 6.45) is -4.29. The summed E-state index contributed by atoms with van der Waals surface area (Å²) in [7, 11) is 1.62. The quantitative estimate of drug-likeness (QED) is 0.925. The Kier molecular flexibility index (Phi) is 5.24. The summed E-state index contributed by atoms with van der Waals surface area (Å²) in [6, 6.07) is 5.70. The molecule has 0 spiro atoms. The second-order valence-electron chi connectivity index (χ2n) is 5.38. The number of hydrogen-bond donors (Lipinski definition) is 1. The van der Waals surface area contributed by atoms with Crippen molar-refractivity contribution in [3.63, 3.8) is 0 Å². The minimum Gasteiger partial charge on any atom is -0.383 e. The minimum atomic E-state index is -4.29. The van der Waals surface area contributed by atoms with Gasteiger partial charge in [0.2, 0.25) is 0 Å². The van der Waals surface area contributed by atoms with Crippen LogP contribution >= 0.6 is 0 Å². The van der Waals surface area contributed by atoms with Crippen molar-refractivity contribution < 1.29 is 17.9 Å². The van der Waals surface area contributed by atoms with E-state index in [9.17, 15) is 13.2 Å². The predicted molar refractivity (Wildman–Crippen MR) is 75.1 cm³/mol. The molecule has 0 bridgehead atoms. The zero-order chi connectivity index (χ0) is 15.5. The van der Waals surface area contributed by atoms with Gasteiger partial charge in [0.15, 0.2) is 0 Å². The summed E-state index contributed by atoms with van der Waals surface area (Å²) in [4.78, 5) is 2.28. The number of halogens is 3. The van der Waals surface area contributed by atoms with Crippen molar-refractivity contribution in [1.29, 1.82) is 0 Å². The fourth-order valence-corrected chi connectivity index (χ4v) is 2.76. The van der Waals surface area contributed by atoms with Crippen LogP contribution in [0.2, 0.25) is 0 Å². The molecule has 1 aliphatic rings. The Morgan fingerprint density at radius 2 is 2.00 bits per heavy atom. The summed E-state index contributed by atoms with van der Waals surface area (Å²) in [5, 5.41) is 3.31. The fourth-order valence-electron chi connectivity index (χ4n) is 2.76. The summed E-state index contributed by atoms with van der Waals surface area (Å²) in [5.74, 6) is 0. The van der Waals surface area contributed by atoms with Gasteiger partial charge in [0.25, 0.3) is 0 Å². The number of nitrogens with one attached hydrogen (secondary N) is 1. The van der Waals surface area contributed by atoms with Gasteiger partial charge in [-0.1, -0.05) is 12.1 Å². The first kappa shape index (κ1) is 16.3. The van der Waals surface area contributed by atoms with E-state index in [1.807, 2.05) is 0 Å². The van der Waals surface area contributed by atoms with Gasteiger partial charge in [-0.3, -0.25) is 4.90 Å². The number of hydrogen-bond acceptors (Lipinski definition) is 3. The van der Waals surface area contributed by atoms with E-state index >= 15 is 0 Å². The molecule has 6 heteroatoms. The molecule has 1 aromatic rings. The van der Waals surface area contributed by atoms with E-state index in [0.717, 1.165) is 37.3 Å². The third-order valence-corrected chi connectivity index (χ3v) is 3.90. The van der Waals surface area contributed by atoms with Gasteiger partial charge < -0.3 is 10.1 Å². The third-order valence-electron chi connectivity index (χ3n) is 3.90. The monoisotopic (exact) mass is 302 g/mol. The van der Waals surface area contributed by atoms with Crippen LogP contribution in [0.3, 0.4) is 0 Å². The Bertz CT molecular complexity index is 447. The van der Waals surface area contributed by atoms with Crippen molar-refractivity contribution in [3.8, 4) is 0 Å². The molecule has 2 rings (SSSR count). The summed E-state index contributed by atoms with van der Waals surface area (Å²) in [5.41, 5.74) is 0.245. The Labute approximate surface area is 123 Å². The average molecular weight is 302 g/mol. The minimum absolute atomic E-state index is 0.0191. The van der Waals surface area contributed by atoms with Crippen molar-refractivity contribution >= 4 is 0 Å². The van der Waals surface area contributed by atoms with Crippen LogP contribution < -0.4 is 5.32 Å². The van der Waals surface area contributed by atoms with Crippen LogP contribution in [0.15, 0.2) is 24.3 Å². The zero-order valence-corrected chi connectivity index (χ0v) is 12.3. The number of piperazine rings is 1. The first-order valence-corrected chi connectivity index (χ1v) is 7.06. The molecule has 1 heterocycles. The lowest BCUT2D eigenvalue weighted by molar-refractivity contribution is -0.137. The smallest absolute Gasteiger partial charge is 0.383 e. The lowest BCUT2D eigenvalue weighted by Gasteiger charge is -2.40. The first-order valence-electron chi connectivity index (χ1n) is 7.06. The van der Waals surface area contributed by atoms with E-state index in [0.29, 0.717) is 12.6 Å². The SMILES string of the molecule is COC[C@@H](c1ccc(C(F)(F)F)cc1)N1CCNCC1C. The molecule has 0 amide bonds. The van der Waals surface area contributed by atoms with Gasteiger partial charge in [-0.2, -0.15) is 13.2 Å². The third kappa shape index (κ3) is 3.96. The van der Waals surface area contributed by atoms with Crippen molar-refractivity contribution in [3.05, 3.63) is 35.4 Å². The van der Waals surface area contributed by atoms with Gasteiger partial charge in [0, 0.05) is 32.8 Å². The van der Waals surface area contributed by atoms with Crippen LogP contribution in [0.4, 0.5) is 13.2 Å². The molecule has 0 aliphatic carbocycles. The van der Waals surface area contributed by atoms with E-state index < -0.39 is 11.7 Å². The number of ether oxygens (including phenoxy) is 1. The van der Waals surface area contributed by atoms with Gasteiger partial charge in [-0.05, 0) is 24.6 Å². The lowest BCUT2D eigenvalue weighted by Crippen LogP contribution is -2.51. The molecule has 118 valence electrons. The standard InChI is InChI=1S/C15H21F3N2O/c1-11-9-19-7-8-20(11)14(10-21-2)12-3-5-13(6-4-12)15(16,17)18/h3-6,11,14,19H,7-10H2,1-2H3/t11?,14-/m0/s1. The maximum absolute atomic E-state index is 12.6. The Hall–Kier alpha value is -1.11. The summed E-state index contributed by atoms with van der Waals surface area (Å²) in [6.45, 7) is 5.19. The Balaban J connectivity index is 2.21. The highest BCUT2D eigenvalue weighted by atomic mass is 19.4. The number of nitrogens with zero attached hydrogens (tertiary/aromatic N) is 1. The number of rotatable bonds is 4. The molecule has 1 saturated heterocycles. The Morgan fingerprint density at radius 1 is 1.33 bits per heavy atom. The highest BCUT2D eigenvalue weighted by molar-refractivity contribution is 5.27. The van der Waals surface area contributed by atoms with Crippen molar-refractivity contribution in [2.24, 2.45) is 0 Å². The van der Waals surface area contributed by atoms with E-state index in [1.54, 1.807) is 19.2 Å². The molecular weight excluding hydrogens is 281 g/mol. The molecule has 0 radical (unpaired) electrons. The van der Waals surface area contributed by atoms with E-state index in [-0.39, 0.29) is 6.04 Å². The molecule has 21 heavy (non-hydrogen) atoms. The topological polar surface area (TPSA) is 24.5 Å². The lowest BCUT2D eigenvalue weighted by atomic mass is 10.0. The van der Waals surface area contributed by atoms with Gasteiger partial charge in [0.05, 0.1) is 18.2 Å². The van der Waals surface area contributed by atoms with Crippen LogP contribution in [0.5, 0.6) is 0 Å². The summed E-state index contributed by atoms with van der Waals surface area (Å²) >= 11 is 0. The molecule has 0 aromatic heterocycles. The molecule has 1 N–H and O–H groups in total. The molecule has 1 fully saturated rings. The maximum atomic E-state index is 12.6. The molecular formula is C15H21F3N2O. The fraction of sp³-hybridized carbons (Fsp3) is 0.600. The predicted octanol–water partition coefficient (Wildman–Crippen LogP) is 2.69.